The van der Waals surface area contributed by atoms with Crippen molar-refractivity contribution in [1.29, 1.82) is 0 Å². The quantitative estimate of drug-likeness (QED) is 0.539. The topological polar surface area (TPSA) is 52.3 Å². The minimum Gasteiger partial charge on any atom is -0.464 e. The first kappa shape index (κ1) is 12.0. The van der Waals surface area contributed by atoms with Crippen LogP contribution < -0.4 is 5.73 Å². The first-order valence-electron chi connectivity index (χ1n) is 4.41. The average molecular weight is 185 g/mol. The predicted molar refractivity (Wildman–Crippen MR) is 53.0 cm³/mol. The number of ether oxygens (including phenoxy) is 1. The number of carbonyl (C=O) groups is 1. The lowest BCUT2D eigenvalue weighted by molar-refractivity contribution is -0.136. The van der Waals surface area contributed by atoms with Crippen molar-refractivity contribution in [2.75, 3.05) is 7.11 Å². The molecule has 0 saturated carbocycles. The lowest BCUT2D eigenvalue weighted by Crippen LogP contribution is -2.13. The Balaban J connectivity index is 3.92. The van der Waals surface area contributed by atoms with Crippen molar-refractivity contribution in [1.82, 2.24) is 0 Å². The summed E-state index contributed by atoms with van der Waals surface area (Å²) in [6.45, 7) is 6.44. The molecular formula is C10H19NO2. The fourth-order valence-corrected chi connectivity index (χ4v) is 0.862. The zero-order valence-corrected chi connectivity index (χ0v) is 8.89. The summed E-state index contributed by atoms with van der Waals surface area (Å²) in [5, 5.41) is 0. The molecule has 0 aliphatic heterocycles. The van der Waals surface area contributed by atoms with Gasteiger partial charge in [-0.15, -0.1) is 0 Å². The molecule has 0 fully saturated rings. The van der Waals surface area contributed by atoms with Gasteiger partial charge in [-0.3, -0.25) is 0 Å². The summed E-state index contributed by atoms with van der Waals surface area (Å²) >= 11 is 0. The van der Waals surface area contributed by atoms with E-state index in [4.69, 9.17) is 5.73 Å². The molecule has 3 heteroatoms. The maximum absolute atomic E-state index is 10.9. The van der Waals surface area contributed by atoms with Gasteiger partial charge in [-0.2, -0.15) is 0 Å². The monoisotopic (exact) mass is 185 g/mol. The van der Waals surface area contributed by atoms with E-state index in [1.807, 2.05) is 0 Å². The van der Waals surface area contributed by atoms with Crippen molar-refractivity contribution in [3.8, 4) is 0 Å². The van der Waals surface area contributed by atoms with Gasteiger partial charge >= 0.3 is 5.97 Å². The molecule has 0 radical (unpaired) electrons. The highest BCUT2D eigenvalue weighted by molar-refractivity contribution is 5.87. The zero-order chi connectivity index (χ0) is 10.5. The molecule has 0 heterocycles. The molecule has 76 valence electrons. The second-order valence-electron chi connectivity index (χ2n) is 4.25. The van der Waals surface area contributed by atoms with Crippen LogP contribution in [0.1, 0.15) is 33.6 Å². The molecule has 0 aromatic rings. The summed E-state index contributed by atoms with van der Waals surface area (Å²) in [6, 6.07) is 0. The predicted octanol–water partition coefficient (Wildman–Crippen LogP) is 1.83. The molecule has 0 amide bonds. The molecule has 0 aromatic heterocycles. The maximum Gasteiger partial charge on any atom is 0.353 e. The molecule has 0 bridgehead atoms. The molecule has 3 nitrogen and oxygen atoms in total. The van der Waals surface area contributed by atoms with Gasteiger partial charge in [0.25, 0.3) is 0 Å². The van der Waals surface area contributed by atoms with Crippen LogP contribution in [0.25, 0.3) is 0 Å². The Morgan fingerprint density at radius 2 is 2.00 bits per heavy atom. The van der Waals surface area contributed by atoms with Crippen molar-refractivity contribution in [3.63, 3.8) is 0 Å². The van der Waals surface area contributed by atoms with E-state index in [1.54, 1.807) is 6.08 Å². The van der Waals surface area contributed by atoms with E-state index in [0.717, 1.165) is 12.8 Å². The zero-order valence-electron chi connectivity index (χ0n) is 8.89. The summed E-state index contributed by atoms with van der Waals surface area (Å²) in [4.78, 5) is 10.9. The average Bonchev–Trinajstić information content (AvgIpc) is 2.00. The molecule has 0 unspecified atom stereocenters. The molecule has 0 aliphatic carbocycles. The Morgan fingerprint density at radius 3 is 2.38 bits per heavy atom. The largest absolute Gasteiger partial charge is 0.464 e. The van der Waals surface area contributed by atoms with Crippen molar-refractivity contribution < 1.29 is 9.53 Å². The first-order chi connectivity index (χ1) is 5.87. The van der Waals surface area contributed by atoms with Crippen LogP contribution in [0.2, 0.25) is 0 Å². The number of allylic oxidation sites excluding steroid dienone is 1. The fourth-order valence-electron chi connectivity index (χ4n) is 0.862. The molecule has 0 spiro atoms. The van der Waals surface area contributed by atoms with E-state index in [2.05, 4.69) is 25.5 Å². The molecule has 0 aliphatic rings. The van der Waals surface area contributed by atoms with Crippen LogP contribution in [0.4, 0.5) is 0 Å². The van der Waals surface area contributed by atoms with Gasteiger partial charge in [0.05, 0.1) is 7.11 Å². The highest BCUT2D eigenvalue weighted by Crippen LogP contribution is 2.20. The molecule has 0 rings (SSSR count). The van der Waals surface area contributed by atoms with Gasteiger partial charge in [-0.05, 0) is 18.3 Å². The third-order valence-electron chi connectivity index (χ3n) is 1.68. The number of nitrogens with two attached hydrogens (primary N) is 1. The number of hydrogen-bond donors (Lipinski definition) is 1. The van der Waals surface area contributed by atoms with Crippen molar-refractivity contribution in [2.45, 2.75) is 33.6 Å². The Hall–Kier alpha value is -0.990. The third-order valence-corrected chi connectivity index (χ3v) is 1.68. The second kappa shape index (κ2) is 4.90. The summed E-state index contributed by atoms with van der Waals surface area (Å²) < 4.78 is 4.46. The van der Waals surface area contributed by atoms with Crippen LogP contribution in [0.5, 0.6) is 0 Å². The second-order valence-corrected chi connectivity index (χ2v) is 4.25. The highest BCUT2D eigenvalue weighted by atomic mass is 16.5. The molecule has 0 saturated heterocycles. The SMILES string of the molecule is COC(=O)C(N)=CCCC(C)(C)C. The van der Waals surface area contributed by atoms with Crippen LogP contribution in [0.15, 0.2) is 11.8 Å². The smallest absolute Gasteiger partial charge is 0.353 e. The Kier molecular flexibility index (Phi) is 4.52. The maximum atomic E-state index is 10.9. The van der Waals surface area contributed by atoms with E-state index < -0.39 is 5.97 Å². The van der Waals surface area contributed by atoms with Crippen LogP contribution in [-0.4, -0.2) is 13.1 Å². The Labute approximate surface area is 79.9 Å². The molecule has 0 aromatic carbocycles. The van der Waals surface area contributed by atoms with Gasteiger partial charge in [0.15, 0.2) is 0 Å². The number of methoxy groups -OCH3 is 1. The summed E-state index contributed by atoms with van der Waals surface area (Å²) in [5.41, 5.74) is 5.92. The molecule has 13 heavy (non-hydrogen) atoms. The van der Waals surface area contributed by atoms with Crippen LogP contribution in [0, 0.1) is 5.41 Å². The van der Waals surface area contributed by atoms with Gasteiger partial charge in [0.2, 0.25) is 0 Å². The van der Waals surface area contributed by atoms with Crippen molar-refractivity contribution in [2.24, 2.45) is 11.1 Å². The number of esters is 1. The molecular weight excluding hydrogens is 166 g/mol. The van der Waals surface area contributed by atoms with Crippen LogP contribution in [-0.2, 0) is 9.53 Å². The first-order valence-corrected chi connectivity index (χ1v) is 4.41. The number of rotatable bonds is 3. The Morgan fingerprint density at radius 1 is 1.46 bits per heavy atom. The highest BCUT2D eigenvalue weighted by Gasteiger charge is 2.09. The lowest BCUT2D eigenvalue weighted by Gasteiger charge is -2.16. The summed E-state index contributed by atoms with van der Waals surface area (Å²) in [7, 11) is 1.33. The van der Waals surface area contributed by atoms with Crippen molar-refractivity contribution >= 4 is 5.97 Å². The number of carbonyl (C=O) groups excluding carboxylic acids is 1. The van der Waals surface area contributed by atoms with E-state index in [9.17, 15) is 4.79 Å². The van der Waals surface area contributed by atoms with Crippen LogP contribution >= 0.6 is 0 Å². The minimum absolute atomic E-state index is 0.201. The van der Waals surface area contributed by atoms with Gasteiger partial charge < -0.3 is 10.5 Å². The lowest BCUT2D eigenvalue weighted by atomic mass is 9.90. The third kappa shape index (κ3) is 6.20. The van der Waals surface area contributed by atoms with E-state index in [1.165, 1.54) is 7.11 Å². The summed E-state index contributed by atoms with van der Waals surface area (Å²) in [5.74, 6) is -0.450. The van der Waals surface area contributed by atoms with Crippen LogP contribution in [0.3, 0.4) is 0 Å². The summed E-state index contributed by atoms with van der Waals surface area (Å²) in [6.07, 6.45) is 3.53. The van der Waals surface area contributed by atoms with Crippen molar-refractivity contribution in [3.05, 3.63) is 11.8 Å². The minimum atomic E-state index is -0.450. The Bertz CT molecular complexity index is 201. The van der Waals surface area contributed by atoms with E-state index in [-0.39, 0.29) is 11.1 Å². The molecule has 2 N–H and O–H groups in total. The number of hydrogen-bond acceptors (Lipinski definition) is 3. The van der Waals surface area contributed by atoms with E-state index >= 15 is 0 Å². The van der Waals surface area contributed by atoms with Gasteiger partial charge in [0.1, 0.15) is 5.70 Å². The van der Waals surface area contributed by atoms with Gasteiger partial charge in [-0.1, -0.05) is 26.8 Å². The standard InChI is InChI=1S/C10H19NO2/c1-10(2,3)7-5-6-8(11)9(12)13-4/h6H,5,7,11H2,1-4H3. The van der Waals surface area contributed by atoms with Gasteiger partial charge in [-0.25, -0.2) is 4.79 Å². The fraction of sp³-hybridized carbons (Fsp3) is 0.700. The van der Waals surface area contributed by atoms with Gasteiger partial charge in [0, 0.05) is 0 Å². The van der Waals surface area contributed by atoms with E-state index in [0.29, 0.717) is 0 Å². The normalized spacial score (nSPS) is 12.8. The molecule has 0 atom stereocenters.